The summed E-state index contributed by atoms with van der Waals surface area (Å²) in [4.78, 5) is 26.5. The van der Waals surface area contributed by atoms with Crippen LogP contribution in [0.4, 0.5) is 0 Å². The van der Waals surface area contributed by atoms with E-state index in [9.17, 15) is 9.59 Å². The maximum absolute atomic E-state index is 12.4. The lowest BCUT2D eigenvalue weighted by Crippen LogP contribution is -2.33. The molecule has 1 aliphatic heterocycles. The maximum Gasteiger partial charge on any atom is 0.225 e. The van der Waals surface area contributed by atoms with E-state index >= 15 is 0 Å². The summed E-state index contributed by atoms with van der Waals surface area (Å²) in [6.45, 7) is 3.65. The van der Waals surface area contributed by atoms with Gasteiger partial charge in [-0.25, -0.2) is 0 Å². The zero-order valence-electron chi connectivity index (χ0n) is 15.9. The standard InChI is InChI=1S/C22H26N2O3/c1-16-4-3-5-18(12-16)14-23-22(26)19-13-21(25)24(15-19)11-10-17-6-8-20(27-2)9-7-17/h3-9,12,19H,10-11,13-15H2,1-2H3,(H,23,26). The van der Waals surface area contributed by atoms with E-state index in [4.69, 9.17) is 4.74 Å². The Hall–Kier alpha value is -2.82. The van der Waals surface area contributed by atoms with Gasteiger partial charge in [0.05, 0.1) is 13.0 Å². The molecule has 3 rings (SSSR count). The molecule has 2 amide bonds. The van der Waals surface area contributed by atoms with Gasteiger partial charge in [-0.15, -0.1) is 0 Å². The molecule has 142 valence electrons. The number of nitrogens with one attached hydrogen (secondary N) is 1. The number of aryl methyl sites for hydroxylation is 1. The average molecular weight is 366 g/mol. The predicted octanol–water partition coefficient (Wildman–Crippen LogP) is 2.71. The number of benzene rings is 2. The van der Waals surface area contributed by atoms with Crippen molar-refractivity contribution in [3.05, 3.63) is 65.2 Å². The normalized spacial score (nSPS) is 16.4. The van der Waals surface area contributed by atoms with Crippen LogP contribution in [0.2, 0.25) is 0 Å². The largest absolute Gasteiger partial charge is 0.497 e. The van der Waals surface area contributed by atoms with Crippen LogP contribution >= 0.6 is 0 Å². The zero-order chi connectivity index (χ0) is 19.2. The minimum atomic E-state index is -0.266. The summed E-state index contributed by atoms with van der Waals surface area (Å²) in [5, 5.41) is 2.96. The highest BCUT2D eigenvalue weighted by atomic mass is 16.5. The Morgan fingerprint density at radius 3 is 2.67 bits per heavy atom. The molecule has 1 aliphatic rings. The van der Waals surface area contributed by atoms with Crippen molar-refractivity contribution >= 4 is 11.8 Å². The van der Waals surface area contributed by atoms with Gasteiger partial charge in [0.1, 0.15) is 5.75 Å². The smallest absolute Gasteiger partial charge is 0.225 e. The number of methoxy groups -OCH3 is 1. The predicted molar refractivity (Wildman–Crippen MR) is 104 cm³/mol. The van der Waals surface area contributed by atoms with Crippen molar-refractivity contribution in [1.29, 1.82) is 0 Å². The average Bonchev–Trinajstić information content (AvgIpc) is 3.06. The summed E-state index contributed by atoms with van der Waals surface area (Å²) >= 11 is 0. The molecule has 27 heavy (non-hydrogen) atoms. The van der Waals surface area contributed by atoms with E-state index in [1.807, 2.05) is 49.4 Å². The van der Waals surface area contributed by atoms with Crippen molar-refractivity contribution in [3.8, 4) is 5.75 Å². The molecule has 1 unspecified atom stereocenters. The molecule has 1 heterocycles. The Balaban J connectivity index is 1.48. The topological polar surface area (TPSA) is 58.6 Å². The second kappa shape index (κ2) is 8.71. The van der Waals surface area contributed by atoms with Gasteiger partial charge >= 0.3 is 0 Å². The molecule has 5 nitrogen and oxygen atoms in total. The highest BCUT2D eigenvalue weighted by Crippen LogP contribution is 2.19. The first-order valence-corrected chi connectivity index (χ1v) is 9.29. The first-order chi connectivity index (χ1) is 13.0. The minimum Gasteiger partial charge on any atom is -0.497 e. The van der Waals surface area contributed by atoms with Gasteiger partial charge in [0.25, 0.3) is 0 Å². The molecule has 0 aliphatic carbocycles. The van der Waals surface area contributed by atoms with Crippen LogP contribution in [0.25, 0.3) is 0 Å². The quantitative estimate of drug-likeness (QED) is 0.820. The van der Waals surface area contributed by atoms with Crippen molar-refractivity contribution in [1.82, 2.24) is 10.2 Å². The minimum absolute atomic E-state index is 0.0446. The molecule has 1 atom stereocenters. The van der Waals surface area contributed by atoms with E-state index in [2.05, 4.69) is 11.4 Å². The van der Waals surface area contributed by atoms with Crippen molar-refractivity contribution in [2.75, 3.05) is 20.2 Å². The maximum atomic E-state index is 12.4. The summed E-state index contributed by atoms with van der Waals surface area (Å²) in [5.74, 6) is 0.565. The zero-order valence-corrected chi connectivity index (χ0v) is 15.9. The van der Waals surface area contributed by atoms with Gasteiger partial charge in [0.2, 0.25) is 11.8 Å². The Bertz CT molecular complexity index is 801. The summed E-state index contributed by atoms with van der Waals surface area (Å²) in [7, 11) is 1.64. The van der Waals surface area contributed by atoms with Crippen LogP contribution in [-0.4, -0.2) is 36.9 Å². The van der Waals surface area contributed by atoms with Crippen LogP contribution in [0.5, 0.6) is 5.75 Å². The fourth-order valence-corrected chi connectivity index (χ4v) is 3.38. The van der Waals surface area contributed by atoms with E-state index in [0.717, 1.165) is 23.3 Å². The van der Waals surface area contributed by atoms with Crippen molar-refractivity contribution < 1.29 is 14.3 Å². The van der Waals surface area contributed by atoms with Gasteiger partial charge in [-0.3, -0.25) is 9.59 Å². The molecule has 0 aromatic heterocycles. The van der Waals surface area contributed by atoms with Gasteiger partial charge in [0, 0.05) is 26.1 Å². The van der Waals surface area contributed by atoms with E-state index in [-0.39, 0.29) is 17.7 Å². The Morgan fingerprint density at radius 1 is 1.19 bits per heavy atom. The van der Waals surface area contributed by atoms with Crippen molar-refractivity contribution in [3.63, 3.8) is 0 Å². The van der Waals surface area contributed by atoms with Gasteiger partial charge in [-0.2, -0.15) is 0 Å². The molecule has 5 heteroatoms. The fraction of sp³-hybridized carbons (Fsp3) is 0.364. The third kappa shape index (κ3) is 5.09. The van der Waals surface area contributed by atoms with Gasteiger partial charge in [-0.05, 0) is 36.6 Å². The van der Waals surface area contributed by atoms with Gasteiger partial charge in [-0.1, -0.05) is 42.0 Å². The van der Waals surface area contributed by atoms with E-state index in [0.29, 0.717) is 26.1 Å². The highest BCUT2D eigenvalue weighted by molar-refractivity contribution is 5.89. The molecule has 2 aromatic carbocycles. The molecular formula is C22H26N2O3. The fourth-order valence-electron chi connectivity index (χ4n) is 3.38. The number of ether oxygens (including phenoxy) is 1. The Morgan fingerprint density at radius 2 is 1.96 bits per heavy atom. The SMILES string of the molecule is COc1ccc(CCN2CC(C(=O)NCc3cccc(C)c3)CC2=O)cc1. The number of hydrogen-bond donors (Lipinski definition) is 1. The molecule has 1 fully saturated rings. The van der Waals surface area contributed by atoms with Crippen LogP contribution in [-0.2, 0) is 22.6 Å². The van der Waals surface area contributed by atoms with Crippen LogP contribution in [0, 0.1) is 12.8 Å². The summed E-state index contributed by atoms with van der Waals surface area (Å²) < 4.78 is 5.16. The lowest BCUT2D eigenvalue weighted by atomic mass is 10.1. The first-order valence-electron chi connectivity index (χ1n) is 9.29. The lowest BCUT2D eigenvalue weighted by molar-refractivity contribution is -0.129. The summed E-state index contributed by atoms with van der Waals surface area (Å²) in [6.07, 6.45) is 1.07. The number of hydrogen-bond acceptors (Lipinski definition) is 3. The summed E-state index contributed by atoms with van der Waals surface area (Å²) in [6, 6.07) is 15.9. The summed E-state index contributed by atoms with van der Waals surface area (Å²) in [5.41, 5.74) is 3.39. The van der Waals surface area contributed by atoms with E-state index in [1.165, 1.54) is 5.56 Å². The second-order valence-corrected chi connectivity index (χ2v) is 7.05. The van der Waals surface area contributed by atoms with Gasteiger partial charge < -0.3 is 15.0 Å². The Labute approximate surface area is 160 Å². The monoisotopic (exact) mass is 366 g/mol. The van der Waals surface area contributed by atoms with Crippen LogP contribution in [0.3, 0.4) is 0 Å². The van der Waals surface area contributed by atoms with Crippen molar-refractivity contribution in [2.45, 2.75) is 26.3 Å². The van der Waals surface area contributed by atoms with Crippen LogP contribution in [0.1, 0.15) is 23.1 Å². The number of carbonyl (C=O) groups is 2. The third-order valence-electron chi connectivity index (χ3n) is 4.96. The molecular weight excluding hydrogens is 340 g/mol. The first kappa shape index (κ1) is 19.0. The highest BCUT2D eigenvalue weighted by Gasteiger charge is 2.33. The van der Waals surface area contributed by atoms with E-state index in [1.54, 1.807) is 12.0 Å². The molecule has 0 radical (unpaired) electrons. The molecule has 0 bridgehead atoms. The molecule has 2 aromatic rings. The van der Waals surface area contributed by atoms with Crippen LogP contribution in [0.15, 0.2) is 48.5 Å². The third-order valence-corrected chi connectivity index (χ3v) is 4.96. The molecule has 1 saturated heterocycles. The number of likely N-dealkylation sites (tertiary alicyclic amines) is 1. The molecule has 0 spiro atoms. The van der Waals surface area contributed by atoms with Gasteiger partial charge in [0.15, 0.2) is 0 Å². The number of carbonyl (C=O) groups excluding carboxylic acids is 2. The van der Waals surface area contributed by atoms with Crippen LogP contribution < -0.4 is 10.1 Å². The number of amides is 2. The van der Waals surface area contributed by atoms with Crippen molar-refractivity contribution in [2.24, 2.45) is 5.92 Å². The number of nitrogens with zero attached hydrogens (tertiary/aromatic N) is 1. The second-order valence-electron chi connectivity index (χ2n) is 7.05. The number of rotatable bonds is 7. The lowest BCUT2D eigenvalue weighted by Gasteiger charge is -2.17. The molecule has 0 saturated carbocycles. The van der Waals surface area contributed by atoms with E-state index < -0.39 is 0 Å². The molecule has 1 N–H and O–H groups in total. The Kier molecular flexibility index (Phi) is 6.12.